The molecule has 2 aliphatic rings. The number of fused-ring (bicyclic) bond motifs is 1. The first-order valence-corrected chi connectivity index (χ1v) is 11.1. The first kappa shape index (κ1) is 18.7. The fourth-order valence-corrected chi connectivity index (χ4v) is 4.09. The van der Waals surface area contributed by atoms with Crippen molar-refractivity contribution in [1.29, 1.82) is 0 Å². The van der Waals surface area contributed by atoms with Gasteiger partial charge < -0.3 is 10.4 Å². The van der Waals surface area contributed by atoms with Gasteiger partial charge in [-0.15, -0.1) is 4.68 Å². The molecule has 9 heteroatoms. The topological polar surface area (TPSA) is 108 Å². The quantitative estimate of drug-likeness (QED) is 0.762. The summed E-state index contributed by atoms with van der Waals surface area (Å²) in [4.78, 5) is 9.11. The maximum absolute atomic E-state index is 11.6. The molecule has 1 saturated carbocycles. The summed E-state index contributed by atoms with van der Waals surface area (Å²) < 4.78 is 24.9. The van der Waals surface area contributed by atoms with Crippen LogP contribution in [0.15, 0.2) is 40.5 Å². The number of sulfone groups is 1. The number of nitrogens with one attached hydrogen (secondary N) is 1. The minimum atomic E-state index is -3.23. The van der Waals surface area contributed by atoms with Gasteiger partial charge in [-0.05, 0) is 43.5 Å². The highest BCUT2D eigenvalue weighted by Crippen LogP contribution is 2.26. The van der Waals surface area contributed by atoms with Crippen LogP contribution in [-0.4, -0.2) is 53.0 Å². The Bertz CT molecular complexity index is 1050. The second-order valence-corrected chi connectivity index (χ2v) is 9.23. The van der Waals surface area contributed by atoms with E-state index in [-0.39, 0.29) is 16.9 Å². The maximum atomic E-state index is 11.6. The van der Waals surface area contributed by atoms with Crippen LogP contribution in [0.1, 0.15) is 31.2 Å². The Hall–Kier alpha value is -2.65. The van der Waals surface area contributed by atoms with Crippen LogP contribution >= 0.6 is 0 Å². The molecule has 8 nitrogen and oxygen atoms in total. The van der Waals surface area contributed by atoms with E-state index in [0.717, 1.165) is 31.2 Å². The van der Waals surface area contributed by atoms with E-state index in [1.54, 1.807) is 41.4 Å². The van der Waals surface area contributed by atoms with Gasteiger partial charge in [-0.3, -0.25) is 0 Å². The van der Waals surface area contributed by atoms with Gasteiger partial charge in [0.1, 0.15) is 11.8 Å². The molecule has 1 aromatic carbocycles. The van der Waals surface area contributed by atoms with Crippen LogP contribution in [0, 0.1) is 5.92 Å². The molecule has 1 unspecified atom stereocenters. The molecule has 2 atom stereocenters. The highest BCUT2D eigenvalue weighted by Gasteiger charge is 2.27. The molecule has 28 heavy (non-hydrogen) atoms. The zero-order chi connectivity index (χ0) is 19.7. The van der Waals surface area contributed by atoms with E-state index >= 15 is 0 Å². The summed E-state index contributed by atoms with van der Waals surface area (Å²) in [5.74, 6) is 1.35. The van der Waals surface area contributed by atoms with Crippen molar-refractivity contribution in [3.05, 3.63) is 36.0 Å². The van der Waals surface area contributed by atoms with Crippen molar-refractivity contribution >= 4 is 39.7 Å². The smallest absolute Gasteiger partial charge is 0.362 e. The summed E-state index contributed by atoms with van der Waals surface area (Å²) in [6.07, 6.45) is 9.99. The average Bonchev–Trinajstić information content (AvgIpc) is 3.04. The molecule has 1 aliphatic heterocycles. The normalized spacial score (nSPS) is 23.0. The summed E-state index contributed by atoms with van der Waals surface area (Å²) in [6.45, 7) is 0. The number of hydrazone groups is 1. The predicted octanol–water partition coefficient (Wildman–Crippen LogP) is 2.24. The van der Waals surface area contributed by atoms with Crippen molar-refractivity contribution in [3.63, 3.8) is 0 Å². The molecular formula is C19H22N5O3S+. The van der Waals surface area contributed by atoms with E-state index in [2.05, 4.69) is 20.4 Å². The number of aliphatic hydroxyl groups excluding tert-OH is 1. The summed E-state index contributed by atoms with van der Waals surface area (Å²) in [5.41, 5.74) is 1.52. The third-order valence-corrected chi connectivity index (χ3v) is 6.04. The number of aromatic nitrogens is 2. The first-order chi connectivity index (χ1) is 13.4. The van der Waals surface area contributed by atoms with Crippen LogP contribution in [0.25, 0.3) is 0 Å². The van der Waals surface area contributed by atoms with E-state index in [1.165, 1.54) is 6.26 Å². The number of nitrogens with zero attached hydrogens (tertiary/aromatic N) is 4. The molecule has 0 amide bonds. The average molecular weight is 400 g/mol. The molecule has 2 heterocycles. The van der Waals surface area contributed by atoms with Gasteiger partial charge in [-0.1, -0.05) is 11.5 Å². The number of rotatable bonds is 4. The number of anilines is 2. The molecule has 2 N–H and O–H groups in total. The molecule has 2 aromatic rings. The minimum absolute atomic E-state index is 0.251. The second-order valence-electron chi connectivity index (χ2n) is 7.21. The van der Waals surface area contributed by atoms with Crippen molar-refractivity contribution < 1.29 is 18.2 Å². The van der Waals surface area contributed by atoms with Gasteiger partial charge in [0.15, 0.2) is 9.84 Å². The Morgan fingerprint density at radius 3 is 2.75 bits per heavy atom. The molecule has 1 fully saturated rings. The fraction of sp³-hybridized carbons (Fsp3) is 0.368. The monoisotopic (exact) mass is 400 g/mol. The van der Waals surface area contributed by atoms with Gasteiger partial charge in [0, 0.05) is 22.8 Å². The third-order valence-electron chi connectivity index (χ3n) is 4.91. The van der Waals surface area contributed by atoms with Crippen molar-refractivity contribution in [1.82, 2.24) is 9.97 Å². The Kier molecular flexibility index (Phi) is 4.94. The van der Waals surface area contributed by atoms with Gasteiger partial charge in [0.2, 0.25) is 0 Å². The number of aliphatic hydroxyl groups is 1. The van der Waals surface area contributed by atoms with Crippen molar-refractivity contribution in [3.8, 4) is 0 Å². The molecule has 0 saturated heterocycles. The lowest BCUT2D eigenvalue weighted by Gasteiger charge is -2.21. The van der Waals surface area contributed by atoms with Crippen LogP contribution in [0.2, 0.25) is 0 Å². The molecule has 146 valence electrons. The van der Waals surface area contributed by atoms with Crippen molar-refractivity contribution in [2.75, 3.05) is 11.6 Å². The predicted molar refractivity (Wildman–Crippen MR) is 106 cm³/mol. The Labute approximate surface area is 163 Å². The van der Waals surface area contributed by atoms with Crippen LogP contribution in [0.3, 0.4) is 0 Å². The standard InChI is InChI=1S/C19H22N5O3S/c1-28(26,27)17-7-5-15(6-8-17)22-19-20-10-14-11-21-24(18(14)23-19)12-13-3-2-4-16(25)9-13/h5-8,10-13,16,25H,2-4,9H2,1H3,(H,20,22,23)/q+1/b24-12-/t13?,16-/m1/s1. The number of benzene rings is 1. The van der Waals surface area contributed by atoms with E-state index < -0.39 is 9.84 Å². The highest BCUT2D eigenvalue weighted by molar-refractivity contribution is 7.90. The lowest BCUT2D eigenvalue weighted by atomic mass is 9.88. The lowest BCUT2D eigenvalue weighted by molar-refractivity contribution is -0.442. The summed E-state index contributed by atoms with van der Waals surface area (Å²) >= 11 is 0. The van der Waals surface area contributed by atoms with Crippen LogP contribution in [0.4, 0.5) is 17.5 Å². The molecule has 0 bridgehead atoms. The van der Waals surface area contributed by atoms with E-state index in [0.29, 0.717) is 17.5 Å². The van der Waals surface area contributed by atoms with Crippen molar-refractivity contribution in [2.45, 2.75) is 36.7 Å². The fourth-order valence-electron chi connectivity index (χ4n) is 3.46. The highest BCUT2D eigenvalue weighted by atomic mass is 32.2. The molecule has 0 spiro atoms. The zero-order valence-corrected chi connectivity index (χ0v) is 16.3. The first-order valence-electron chi connectivity index (χ1n) is 9.19. The third kappa shape index (κ3) is 4.10. The van der Waals surface area contributed by atoms with E-state index in [9.17, 15) is 13.5 Å². The SMILES string of the molecule is CS(=O)(=O)c1ccc(Nc2ncc3c(n2)/[N+](=C/C2CCC[C@@H](O)C2)N=C3)cc1. The van der Waals surface area contributed by atoms with Gasteiger partial charge in [0.05, 0.1) is 23.4 Å². The molecule has 4 rings (SSSR count). The maximum Gasteiger partial charge on any atom is 0.362 e. The van der Waals surface area contributed by atoms with Gasteiger partial charge >= 0.3 is 11.8 Å². The van der Waals surface area contributed by atoms with E-state index in [1.807, 2.05) is 6.21 Å². The van der Waals surface area contributed by atoms with Gasteiger partial charge in [0.25, 0.3) is 0 Å². The zero-order valence-electron chi connectivity index (χ0n) is 15.5. The van der Waals surface area contributed by atoms with Gasteiger partial charge in [-0.25, -0.2) is 8.42 Å². The van der Waals surface area contributed by atoms with Gasteiger partial charge in [-0.2, -0.15) is 4.98 Å². The van der Waals surface area contributed by atoms with Crippen LogP contribution in [0.5, 0.6) is 0 Å². The Morgan fingerprint density at radius 2 is 2.04 bits per heavy atom. The van der Waals surface area contributed by atoms with Crippen LogP contribution in [-0.2, 0) is 9.84 Å². The molecule has 1 aliphatic carbocycles. The summed E-state index contributed by atoms with van der Waals surface area (Å²) in [5, 5.41) is 17.4. The Balaban J connectivity index is 1.54. The van der Waals surface area contributed by atoms with E-state index in [4.69, 9.17) is 0 Å². The lowest BCUT2D eigenvalue weighted by Crippen LogP contribution is -2.22. The number of hydrogen-bond donors (Lipinski definition) is 2. The molecule has 0 radical (unpaired) electrons. The summed E-state index contributed by atoms with van der Waals surface area (Å²) in [7, 11) is -3.23. The Morgan fingerprint density at radius 1 is 1.25 bits per heavy atom. The minimum Gasteiger partial charge on any atom is -0.393 e. The number of hydrogen-bond acceptors (Lipinski definition) is 7. The molecule has 1 aromatic heterocycles. The van der Waals surface area contributed by atoms with Crippen molar-refractivity contribution in [2.24, 2.45) is 11.0 Å². The second kappa shape index (κ2) is 7.40. The largest absolute Gasteiger partial charge is 0.393 e. The summed E-state index contributed by atoms with van der Waals surface area (Å²) in [6, 6.07) is 6.44. The van der Waals surface area contributed by atoms with Crippen LogP contribution < -0.4 is 5.32 Å². The molecular weight excluding hydrogens is 378 g/mol.